The molecule has 1 amide bonds. The van der Waals surface area contributed by atoms with Crippen LogP contribution in [0.1, 0.15) is 11.3 Å². The number of amides is 1. The molecule has 0 aliphatic heterocycles. The van der Waals surface area contributed by atoms with Crippen molar-refractivity contribution in [3.8, 4) is 6.07 Å². The summed E-state index contributed by atoms with van der Waals surface area (Å²) in [6.45, 7) is -0.516. The normalized spacial score (nSPS) is 10.9. The van der Waals surface area contributed by atoms with Gasteiger partial charge in [0, 0.05) is 18.3 Å². The van der Waals surface area contributed by atoms with E-state index in [0.29, 0.717) is 0 Å². The lowest BCUT2D eigenvalue weighted by atomic mass is 10.1. The lowest BCUT2D eigenvalue weighted by molar-refractivity contribution is -0.384. The molecule has 1 heterocycles. The van der Waals surface area contributed by atoms with E-state index in [1.54, 1.807) is 6.07 Å². The van der Waals surface area contributed by atoms with Crippen LogP contribution in [0.2, 0.25) is 0 Å². The molecule has 1 aromatic carbocycles. The molecule has 8 nitrogen and oxygen atoms in total. The number of rotatable bonds is 4. The highest BCUT2D eigenvalue weighted by molar-refractivity contribution is 5.92. The highest BCUT2D eigenvalue weighted by Gasteiger charge is 2.33. The number of nitriles is 1. The Labute approximate surface area is 132 Å². The number of alkyl halides is 3. The third kappa shape index (κ3) is 3.86. The number of nitrogens with one attached hydrogen (secondary N) is 1. The van der Waals surface area contributed by atoms with Gasteiger partial charge in [-0.25, -0.2) is 0 Å². The van der Waals surface area contributed by atoms with Crippen LogP contribution in [0.4, 0.5) is 24.5 Å². The van der Waals surface area contributed by atoms with Gasteiger partial charge in [0.15, 0.2) is 5.69 Å². The van der Waals surface area contributed by atoms with Crippen molar-refractivity contribution in [1.82, 2.24) is 9.78 Å². The predicted octanol–water partition coefficient (Wildman–Crippen LogP) is 2.32. The number of carbonyl (C=O) groups is 1. The smallest absolute Gasteiger partial charge is 0.323 e. The van der Waals surface area contributed by atoms with Gasteiger partial charge < -0.3 is 5.32 Å². The number of hydrogen-bond donors (Lipinski definition) is 1. The minimum atomic E-state index is -4.62. The van der Waals surface area contributed by atoms with Crippen LogP contribution in [0.25, 0.3) is 0 Å². The lowest BCUT2D eigenvalue weighted by Crippen LogP contribution is -2.20. The molecule has 0 atom stereocenters. The molecule has 0 aliphatic rings. The Morgan fingerprint density at radius 1 is 1.42 bits per heavy atom. The van der Waals surface area contributed by atoms with Crippen LogP contribution in [0.3, 0.4) is 0 Å². The van der Waals surface area contributed by atoms with Gasteiger partial charge in [0.05, 0.1) is 16.2 Å². The third-order valence-electron chi connectivity index (χ3n) is 2.85. The van der Waals surface area contributed by atoms with E-state index in [1.165, 1.54) is 6.07 Å². The van der Waals surface area contributed by atoms with Gasteiger partial charge in [0.25, 0.3) is 5.69 Å². The Bertz CT molecular complexity index is 838. The zero-order valence-corrected chi connectivity index (χ0v) is 11.7. The SMILES string of the molecule is N#Cc1cc([N+](=O)[O-])ccc1NC(=O)Cn1ccc(C(F)(F)F)n1. The van der Waals surface area contributed by atoms with Crippen molar-refractivity contribution in [2.24, 2.45) is 0 Å². The van der Waals surface area contributed by atoms with Crippen LogP contribution in [-0.4, -0.2) is 20.6 Å². The van der Waals surface area contributed by atoms with Gasteiger partial charge in [-0.15, -0.1) is 0 Å². The number of anilines is 1. The van der Waals surface area contributed by atoms with Crippen LogP contribution in [0.15, 0.2) is 30.5 Å². The fourth-order valence-corrected chi connectivity index (χ4v) is 1.79. The highest BCUT2D eigenvalue weighted by atomic mass is 19.4. The Hall–Kier alpha value is -3.42. The second kappa shape index (κ2) is 6.37. The number of aromatic nitrogens is 2. The molecule has 0 bridgehead atoms. The van der Waals surface area contributed by atoms with E-state index < -0.39 is 29.2 Å². The number of nitrogens with zero attached hydrogens (tertiary/aromatic N) is 4. The Kier molecular flexibility index (Phi) is 4.50. The van der Waals surface area contributed by atoms with Crippen molar-refractivity contribution in [3.63, 3.8) is 0 Å². The number of nitro groups is 1. The van der Waals surface area contributed by atoms with Crippen molar-refractivity contribution in [2.75, 3.05) is 5.32 Å². The zero-order chi connectivity index (χ0) is 17.9. The average molecular weight is 339 g/mol. The second-order valence-corrected chi connectivity index (χ2v) is 4.54. The van der Waals surface area contributed by atoms with E-state index in [2.05, 4.69) is 10.4 Å². The van der Waals surface area contributed by atoms with Crippen LogP contribution in [0.5, 0.6) is 0 Å². The first kappa shape index (κ1) is 16.9. The van der Waals surface area contributed by atoms with Gasteiger partial charge in [0.1, 0.15) is 12.6 Å². The highest BCUT2D eigenvalue weighted by Crippen LogP contribution is 2.27. The van der Waals surface area contributed by atoms with Crippen molar-refractivity contribution in [2.45, 2.75) is 12.7 Å². The Balaban J connectivity index is 2.11. The molecule has 0 aliphatic carbocycles. The monoisotopic (exact) mass is 339 g/mol. The summed E-state index contributed by atoms with van der Waals surface area (Å²) in [5.74, 6) is -0.739. The number of carbonyl (C=O) groups excluding carboxylic acids is 1. The fraction of sp³-hybridized carbons (Fsp3) is 0.154. The standard InChI is InChI=1S/C13H8F3N5O3/c14-13(15,16)11-3-4-20(19-11)7-12(22)18-10-2-1-9(21(23)24)5-8(10)6-17/h1-5H,7H2,(H,18,22). The van der Waals surface area contributed by atoms with Gasteiger partial charge in [-0.05, 0) is 12.1 Å². The molecule has 0 radical (unpaired) electrons. The summed E-state index contributed by atoms with van der Waals surface area (Å²) in [7, 11) is 0. The third-order valence-corrected chi connectivity index (χ3v) is 2.85. The summed E-state index contributed by atoms with van der Waals surface area (Å²) in [6.07, 6.45) is -3.63. The second-order valence-electron chi connectivity index (χ2n) is 4.54. The van der Waals surface area contributed by atoms with Gasteiger partial charge in [-0.3, -0.25) is 19.6 Å². The first-order valence-corrected chi connectivity index (χ1v) is 6.30. The van der Waals surface area contributed by atoms with Gasteiger partial charge in [-0.2, -0.15) is 23.5 Å². The lowest BCUT2D eigenvalue weighted by Gasteiger charge is -2.07. The molecule has 1 N–H and O–H groups in total. The Morgan fingerprint density at radius 2 is 2.12 bits per heavy atom. The van der Waals surface area contributed by atoms with Crippen molar-refractivity contribution in [1.29, 1.82) is 5.26 Å². The molecule has 0 saturated heterocycles. The summed E-state index contributed by atoms with van der Waals surface area (Å²) < 4.78 is 38.0. The maximum Gasteiger partial charge on any atom is 0.435 e. The summed E-state index contributed by atoms with van der Waals surface area (Å²) in [4.78, 5) is 21.8. The predicted molar refractivity (Wildman–Crippen MR) is 73.7 cm³/mol. The first-order valence-electron chi connectivity index (χ1n) is 6.30. The summed E-state index contributed by atoms with van der Waals surface area (Å²) in [6, 6.07) is 5.65. The molecule has 0 unspecified atom stereocenters. The molecule has 2 rings (SSSR count). The van der Waals surface area contributed by atoms with Crippen LogP contribution in [0, 0.1) is 21.4 Å². The topological polar surface area (TPSA) is 114 Å². The number of non-ortho nitro benzene ring substituents is 1. The number of nitro benzene ring substituents is 1. The fourth-order valence-electron chi connectivity index (χ4n) is 1.79. The minimum Gasteiger partial charge on any atom is -0.323 e. The van der Waals surface area contributed by atoms with Gasteiger partial charge in [0.2, 0.25) is 5.91 Å². The van der Waals surface area contributed by atoms with Crippen molar-refractivity contribution in [3.05, 3.63) is 51.8 Å². The molecule has 0 spiro atoms. The van der Waals surface area contributed by atoms with E-state index in [9.17, 15) is 28.1 Å². The van der Waals surface area contributed by atoms with E-state index in [4.69, 9.17) is 5.26 Å². The maximum absolute atomic E-state index is 12.4. The van der Waals surface area contributed by atoms with E-state index in [0.717, 1.165) is 29.1 Å². The molecule has 24 heavy (non-hydrogen) atoms. The van der Waals surface area contributed by atoms with E-state index >= 15 is 0 Å². The van der Waals surface area contributed by atoms with Crippen molar-refractivity contribution >= 4 is 17.3 Å². The van der Waals surface area contributed by atoms with Crippen LogP contribution < -0.4 is 5.32 Å². The van der Waals surface area contributed by atoms with E-state index in [-0.39, 0.29) is 16.9 Å². The minimum absolute atomic E-state index is 0.0105. The molecule has 11 heteroatoms. The zero-order valence-electron chi connectivity index (χ0n) is 11.7. The quantitative estimate of drug-likeness (QED) is 0.678. The number of hydrogen-bond acceptors (Lipinski definition) is 5. The molecule has 124 valence electrons. The van der Waals surface area contributed by atoms with Crippen LogP contribution >= 0.6 is 0 Å². The summed E-state index contributed by atoms with van der Waals surface area (Å²) >= 11 is 0. The number of benzene rings is 1. The average Bonchev–Trinajstić information content (AvgIpc) is 2.95. The van der Waals surface area contributed by atoms with Gasteiger partial charge in [-0.1, -0.05) is 0 Å². The summed E-state index contributed by atoms with van der Waals surface area (Å²) in [5, 5.41) is 25.1. The van der Waals surface area contributed by atoms with E-state index in [1.807, 2.05) is 0 Å². The maximum atomic E-state index is 12.4. The molecular weight excluding hydrogens is 331 g/mol. The first-order chi connectivity index (χ1) is 11.2. The van der Waals surface area contributed by atoms with Gasteiger partial charge >= 0.3 is 6.18 Å². The molecular formula is C13H8F3N5O3. The molecule has 1 aromatic heterocycles. The Morgan fingerprint density at radius 3 is 2.67 bits per heavy atom. The largest absolute Gasteiger partial charge is 0.435 e. The molecule has 0 saturated carbocycles. The summed E-state index contributed by atoms with van der Waals surface area (Å²) in [5.41, 5.74) is -1.60. The number of halogens is 3. The van der Waals surface area contributed by atoms with Crippen LogP contribution in [-0.2, 0) is 17.5 Å². The molecule has 0 fully saturated rings. The van der Waals surface area contributed by atoms with Crippen molar-refractivity contribution < 1.29 is 22.9 Å². The molecule has 2 aromatic rings.